The first-order valence-electron chi connectivity index (χ1n) is 7.49. The van der Waals surface area contributed by atoms with Crippen LogP contribution in [0.1, 0.15) is 49.8 Å². The third-order valence-corrected chi connectivity index (χ3v) is 4.18. The van der Waals surface area contributed by atoms with Crippen LogP contribution in [0.3, 0.4) is 0 Å². The van der Waals surface area contributed by atoms with Crippen LogP contribution in [0.2, 0.25) is 0 Å². The summed E-state index contributed by atoms with van der Waals surface area (Å²) in [5.74, 6) is 1.09. The number of allylic oxidation sites excluding steroid dienone is 1. The summed E-state index contributed by atoms with van der Waals surface area (Å²) in [4.78, 5) is 0. The molecule has 1 atom stereocenters. The largest absolute Gasteiger partial charge is 0.487 e. The number of aryl methyl sites for hydroxylation is 3. The lowest BCUT2D eigenvalue weighted by Crippen LogP contribution is -2.36. The normalized spacial score (nSPS) is 22.4. The molecule has 0 aliphatic carbocycles. The maximum atomic E-state index is 9.03. The SMILES string of the molecule is C/C(=C\CC[C@]1(C)CCc2cc(C)cc(C)c2O1)CO. The highest BCUT2D eigenvalue weighted by Gasteiger charge is 2.31. The molecule has 20 heavy (non-hydrogen) atoms. The highest BCUT2D eigenvalue weighted by molar-refractivity contribution is 5.45. The first-order valence-corrected chi connectivity index (χ1v) is 7.49. The van der Waals surface area contributed by atoms with Gasteiger partial charge in [-0.2, -0.15) is 0 Å². The molecule has 2 nitrogen and oxygen atoms in total. The summed E-state index contributed by atoms with van der Waals surface area (Å²) in [6, 6.07) is 4.44. The summed E-state index contributed by atoms with van der Waals surface area (Å²) in [7, 11) is 0. The Bertz CT molecular complexity index is 516. The second kappa shape index (κ2) is 6.01. The molecular weight excluding hydrogens is 248 g/mol. The van der Waals surface area contributed by atoms with Crippen LogP contribution < -0.4 is 4.74 Å². The van der Waals surface area contributed by atoms with Crippen LogP contribution in [-0.2, 0) is 6.42 Å². The summed E-state index contributed by atoms with van der Waals surface area (Å²) >= 11 is 0. The van der Waals surface area contributed by atoms with Crippen LogP contribution in [-0.4, -0.2) is 17.3 Å². The lowest BCUT2D eigenvalue weighted by Gasteiger charge is -2.37. The number of benzene rings is 1. The molecule has 1 aromatic rings. The molecule has 0 radical (unpaired) electrons. The topological polar surface area (TPSA) is 29.5 Å². The molecule has 0 fully saturated rings. The fourth-order valence-corrected chi connectivity index (χ4v) is 2.94. The van der Waals surface area contributed by atoms with E-state index in [1.165, 1.54) is 16.7 Å². The zero-order valence-corrected chi connectivity index (χ0v) is 13.1. The van der Waals surface area contributed by atoms with E-state index in [0.29, 0.717) is 0 Å². The van der Waals surface area contributed by atoms with Gasteiger partial charge in [-0.25, -0.2) is 0 Å². The average molecular weight is 274 g/mol. The van der Waals surface area contributed by atoms with Gasteiger partial charge in [0.1, 0.15) is 11.4 Å². The van der Waals surface area contributed by atoms with E-state index in [4.69, 9.17) is 9.84 Å². The van der Waals surface area contributed by atoms with Crippen molar-refractivity contribution < 1.29 is 9.84 Å². The molecule has 1 heterocycles. The van der Waals surface area contributed by atoms with Gasteiger partial charge in [0.05, 0.1) is 6.61 Å². The van der Waals surface area contributed by atoms with Gasteiger partial charge in [0.15, 0.2) is 0 Å². The lowest BCUT2D eigenvalue weighted by molar-refractivity contribution is 0.0562. The number of ether oxygens (including phenoxy) is 1. The summed E-state index contributed by atoms with van der Waals surface area (Å²) in [5, 5.41) is 9.03. The Balaban J connectivity index is 2.09. The predicted octanol–water partition coefficient (Wildman–Crippen LogP) is 4.11. The number of hydrogen-bond donors (Lipinski definition) is 1. The van der Waals surface area contributed by atoms with Gasteiger partial charge in [-0.05, 0) is 64.5 Å². The monoisotopic (exact) mass is 274 g/mol. The third-order valence-electron chi connectivity index (χ3n) is 4.18. The van der Waals surface area contributed by atoms with Gasteiger partial charge in [-0.3, -0.25) is 0 Å². The quantitative estimate of drug-likeness (QED) is 0.837. The summed E-state index contributed by atoms with van der Waals surface area (Å²) in [6.45, 7) is 8.60. The molecule has 1 aromatic carbocycles. The number of fused-ring (bicyclic) bond motifs is 1. The Morgan fingerprint density at radius 2 is 2.15 bits per heavy atom. The second-order valence-corrected chi connectivity index (χ2v) is 6.37. The number of aliphatic hydroxyl groups excluding tert-OH is 1. The molecule has 0 amide bonds. The zero-order chi connectivity index (χ0) is 14.8. The van der Waals surface area contributed by atoms with Gasteiger partial charge in [0.25, 0.3) is 0 Å². The van der Waals surface area contributed by atoms with Gasteiger partial charge >= 0.3 is 0 Å². The van der Waals surface area contributed by atoms with Crippen LogP contribution in [0.15, 0.2) is 23.8 Å². The number of hydrogen-bond acceptors (Lipinski definition) is 2. The van der Waals surface area contributed by atoms with E-state index >= 15 is 0 Å². The summed E-state index contributed by atoms with van der Waals surface area (Å²) in [6.07, 6.45) is 6.23. The van der Waals surface area contributed by atoms with E-state index < -0.39 is 0 Å². The van der Waals surface area contributed by atoms with E-state index in [2.05, 4.69) is 39.0 Å². The average Bonchev–Trinajstić information content (AvgIpc) is 2.39. The molecule has 0 bridgehead atoms. The van der Waals surface area contributed by atoms with E-state index in [0.717, 1.165) is 37.0 Å². The van der Waals surface area contributed by atoms with Crippen LogP contribution in [0.25, 0.3) is 0 Å². The van der Waals surface area contributed by atoms with Gasteiger partial charge < -0.3 is 9.84 Å². The molecule has 1 N–H and O–H groups in total. The Hall–Kier alpha value is -1.28. The van der Waals surface area contributed by atoms with Crippen molar-refractivity contribution in [1.82, 2.24) is 0 Å². The van der Waals surface area contributed by atoms with Gasteiger partial charge in [-0.15, -0.1) is 0 Å². The Kier molecular flexibility index (Phi) is 4.54. The summed E-state index contributed by atoms with van der Waals surface area (Å²) in [5.41, 5.74) is 4.86. The molecule has 0 unspecified atom stereocenters. The first kappa shape index (κ1) is 15.1. The Morgan fingerprint density at radius 1 is 1.40 bits per heavy atom. The fraction of sp³-hybridized carbons (Fsp3) is 0.556. The highest BCUT2D eigenvalue weighted by Crippen LogP contribution is 2.38. The van der Waals surface area contributed by atoms with E-state index in [9.17, 15) is 0 Å². The maximum Gasteiger partial charge on any atom is 0.126 e. The predicted molar refractivity (Wildman–Crippen MR) is 83.3 cm³/mol. The molecule has 0 spiro atoms. The van der Waals surface area contributed by atoms with Crippen molar-refractivity contribution >= 4 is 0 Å². The summed E-state index contributed by atoms with van der Waals surface area (Å²) < 4.78 is 6.33. The minimum absolute atomic E-state index is 0.0841. The first-order chi connectivity index (χ1) is 9.43. The van der Waals surface area contributed by atoms with Crippen molar-refractivity contribution in [3.8, 4) is 5.75 Å². The molecule has 0 aromatic heterocycles. The van der Waals surface area contributed by atoms with Crippen LogP contribution >= 0.6 is 0 Å². The standard InChI is InChI=1S/C18H26O2/c1-13(12-19)6-5-8-18(4)9-7-16-11-14(2)10-15(3)17(16)20-18/h6,10-11,19H,5,7-9,12H2,1-4H3/b13-6+/t18-/m1/s1. The number of aliphatic hydroxyl groups is 1. The number of rotatable bonds is 4. The van der Waals surface area contributed by atoms with E-state index in [-0.39, 0.29) is 12.2 Å². The van der Waals surface area contributed by atoms with Gasteiger partial charge in [0, 0.05) is 0 Å². The maximum absolute atomic E-state index is 9.03. The Morgan fingerprint density at radius 3 is 2.85 bits per heavy atom. The minimum Gasteiger partial charge on any atom is -0.487 e. The molecule has 1 aliphatic rings. The molecule has 0 saturated heterocycles. The molecule has 110 valence electrons. The second-order valence-electron chi connectivity index (χ2n) is 6.37. The highest BCUT2D eigenvalue weighted by atomic mass is 16.5. The molecule has 2 rings (SSSR count). The van der Waals surface area contributed by atoms with Crippen molar-refractivity contribution in [3.63, 3.8) is 0 Å². The van der Waals surface area contributed by atoms with Crippen molar-refractivity contribution in [2.45, 2.75) is 59.0 Å². The van der Waals surface area contributed by atoms with E-state index in [1.807, 2.05) is 6.92 Å². The van der Waals surface area contributed by atoms with E-state index in [1.54, 1.807) is 0 Å². The third kappa shape index (κ3) is 3.43. The molecule has 1 aliphatic heterocycles. The van der Waals surface area contributed by atoms with Crippen molar-refractivity contribution in [3.05, 3.63) is 40.5 Å². The van der Waals surface area contributed by atoms with Gasteiger partial charge in [-0.1, -0.05) is 29.3 Å². The zero-order valence-electron chi connectivity index (χ0n) is 13.1. The van der Waals surface area contributed by atoms with Crippen LogP contribution in [0.5, 0.6) is 5.75 Å². The smallest absolute Gasteiger partial charge is 0.126 e. The van der Waals surface area contributed by atoms with Crippen molar-refractivity contribution in [1.29, 1.82) is 0 Å². The lowest BCUT2D eigenvalue weighted by atomic mass is 9.87. The molecule has 2 heteroatoms. The minimum atomic E-state index is -0.0841. The molecular formula is C18H26O2. The fourth-order valence-electron chi connectivity index (χ4n) is 2.94. The van der Waals surface area contributed by atoms with Crippen LogP contribution in [0.4, 0.5) is 0 Å². The Labute approximate surface area is 122 Å². The van der Waals surface area contributed by atoms with Crippen molar-refractivity contribution in [2.75, 3.05) is 6.61 Å². The van der Waals surface area contributed by atoms with Crippen LogP contribution in [0, 0.1) is 13.8 Å². The van der Waals surface area contributed by atoms with Gasteiger partial charge in [0.2, 0.25) is 0 Å². The van der Waals surface area contributed by atoms with Crippen molar-refractivity contribution in [2.24, 2.45) is 0 Å². The molecule has 0 saturated carbocycles.